The maximum absolute atomic E-state index is 9.41. The highest BCUT2D eigenvalue weighted by atomic mass is 16.4. The molecule has 1 atom stereocenters. The third-order valence-corrected chi connectivity index (χ3v) is 4.52. The molecule has 0 bridgehead atoms. The first-order chi connectivity index (χ1) is 11.3. The van der Waals surface area contributed by atoms with Crippen LogP contribution < -0.4 is 0 Å². The molecule has 1 aromatic carbocycles. The summed E-state index contributed by atoms with van der Waals surface area (Å²) < 4.78 is 0. The lowest BCUT2D eigenvalue weighted by atomic mass is 9.90. The van der Waals surface area contributed by atoms with E-state index >= 15 is 0 Å². The van der Waals surface area contributed by atoms with E-state index < -0.39 is 0 Å². The van der Waals surface area contributed by atoms with Crippen molar-refractivity contribution in [1.29, 1.82) is 0 Å². The van der Waals surface area contributed by atoms with Crippen molar-refractivity contribution in [2.24, 2.45) is 5.16 Å². The number of pyridine rings is 1. The van der Waals surface area contributed by atoms with Gasteiger partial charge in [-0.1, -0.05) is 48.5 Å². The topological polar surface area (TPSA) is 45.5 Å². The second kappa shape index (κ2) is 7.23. The first-order valence-corrected chi connectivity index (χ1v) is 8.22. The molecule has 0 saturated heterocycles. The van der Waals surface area contributed by atoms with Gasteiger partial charge in [-0.25, -0.2) is 0 Å². The molecule has 0 radical (unpaired) electrons. The predicted octanol–water partition coefficient (Wildman–Crippen LogP) is 5.02. The van der Waals surface area contributed by atoms with Gasteiger partial charge in [0.15, 0.2) is 0 Å². The molecule has 0 aliphatic heterocycles. The molecule has 1 heterocycles. The largest absolute Gasteiger partial charge is 0.411 e. The minimum Gasteiger partial charge on any atom is -0.411 e. The van der Waals surface area contributed by atoms with Gasteiger partial charge >= 0.3 is 0 Å². The molecule has 1 unspecified atom stereocenters. The zero-order chi connectivity index (χ0) is 16.1. The highest BCUT2D eigenvalue weighted by molar-refractivity contribution is 6.03. The van der Waals surface area contributed by atoms with Crippen LogP contribution >= 0.6 is 0 Å². The summed E-state index contributed by atoms with van der Waals surface area (Å²) in [5, 5.41) is 12.9. The maximum Gasteiger partial charge on any atom is 0.112 e. The summed E-state index contributed by atoms with van der Waals surface area (Å²) >= 11 is 0. The van der Waals surface area contributed by atoms with Gasteiger partial charge in [0, 0.05) is 12.1 Å². The van der Waals surface area contributed by atoms with Crippen LogP contribution in [0.1, 0.15) is 55.3 Å². The quantitative estimate of drug-likeness (QED) is 0.489. The van der Waals surface area contributed by atoms with Gasteiger partial charge in [0.1, 0.15) is 5.71 Å². The summed E-state index contributed by atoms with van der Waals surface area (Å²) in [5.41, 5.74) is 5.19. The number of rotatable bonds is 4. The van der Waals surface area contributed by atoms with Crippen molar-refractivity contribution < 1.29 is 5.21 Å². The van der Waals surface area contributed by atoms with Crippen molar-refractivity contribution in [2.45, 2.75) is 38.5 Å². The predicted molar refractivity (Wildman–Crippen MR) is 93.9 cm³/mol. The second-order valence-electron chi connectivity index (χ2n) is 6.02. The summed E-state index contributed by atoms with van der Waals surface area (Å²) in [4.78, 5) is 4.29. The van der Waals surface area contributed by atoms with Gasteiger partial charge in [0.25, 0.3) is 0 Å². The molecule has 1 aliphatic carbocycles. The van der Waals surface area contributed by atoms with Crippen molar-refractivity contribution >= 4 is 11.3 Å². The molecule has 3 heteroatoms. The van der Waals surface area contributed by atoms with E-state index in [2.05, 4.69) is 40.5 Å². The molecular weight excluding hydrogens is 284 g/mol. The van der Waals surface area contributed by atoms with E-state index in [0.717, 1.165) is 5.56 Å². The lowest BCUT2D eigenvalue weighted by Crippen LogP contribution is -2.12. The van der Waals surface area contributed by atoms with Crippen LogP contribution in [0.4, 0.5) is 0 Å². The Kier molecular flexibility index (Phi) is 4.86. The van der Waals surface area contributed by atoms with Crippen LogP contribution in [0.25, 0.3) is 5.57 Å². The number of benzene rings is 1. The Labute approximate surface area is 137 Å². The van der Waals surface area contributed by atoms with Crippen molar-refractivity contribution in [3.05, 3.63) is 71.6 Å². The van der Waals surface area contributed by atoms with Crippen molar-refractivity contribution in [1.82, 2.24) is 4.98 Å². The minimum absolute atomic E-state index is 0.00992. The van der Waals surface area contributed by atoms with Crippen LogP contribution in [0.3, 0.4) is 0 Å². The Hall–Kier alpha value is -2.42. The zero-order valence-electron chi connectivity index (χ0n) is 13.4. The summed E-state index contributed by atoms with van der Waals surface area (Å²) in [5.74, 6) is -0.00992. The van der Waals surface area contributed by atoms with Gasteiger partial charge in [0.05, 0.1) is 5.69 Å². The third-order valence-electron chi connectivity index (χ3n) is 4.52. The smallest absolute Gasteiger partial charge is 0.112 e. The van der Waals surface area contributed by atoms with E-state index in [4.69, 9.17) is 0 Å². The molecule has 0 saturated carbocycles. The van der Waals surface area contributed by atoms with Crippen molar-refractivity contribution in [2.75, 3.05) is 0 Å². The van der Waals surface area contributed by atoms with Gasteiger partial charge in [-0.15, -0.1) is 0 Å². The fourth-order valence-corrected chi connectivity index (χ4v) is 3.12. The molecule has 3 nitrogen and oxygen atoms in total. The molecule has 3 rings (SSSR count). The average Bonchev–Trinajstić information content (AvgIpc) is 2.64. The first kappa shape index (κ1) is 15.5. The van der Waals surface area contributed by atoms with Gasteiger partial charge in [-0.05, 0) is 54.5 Å². The Morgan fingerprint density at radius 1 is 1.13 bits per heavy atom. The molecule has 1 N–H and O–H groups in total. The minimum atomic E-state index is -0.00992. The highest BCUT2D eigenvalue weighted by Crippen LogP contribution is 2.28. The maximum atomic E-state index is 9.41. The fourth-order valence-electron chi connectivity index (χ4n) is 3.12. The molecule has 0 spiro atoms. The molecule has 1 aliphatic rings. The lowest BCUT2D eigenvalue weighted by molar-refractivity contribution is 0.317. The Morgan fingerprint density at radius 3 is 2.57 bits per heavy atom. The molecular formula is C20H22N2O. The highest BCUT2D eigenvalue weighted by Gasteiger charge is 2.17. The molecule has 118 valence electrons. The molecule has 0 fully saturated rings. The van der Waals surface area contributed by atoms with E-state index in [0.29, 0.717) is 11.4 Å². The van der Waals surface area contributed by atoms with Gasteiger partial charge in [0.2, 0.25) is 0 Å². The molecule has 23 heavy (non-hydrogen) atoms. The Morgan fingerprint density at radius 2 is 1.96 bits per heavy atom. The van der Waals surface area contributed by atoms with Crippen LogP contribution in [0, 0.1) is 0 Å². The zero-order valence-corrected chi connectivity index (χ0v) is 13.4. The van der Waals surface area contributed by atoms with E-state index in [9.17, 15) is 5.21 Å². The van der Waals surface area contributed by atoms with Gasteiger partial charge < -0.3 is 5.21 Å². The lowest BCUT2D eigenvalue weighted by Gasteiger charge is -2.16. The molecule has 1 aromatic heterocycles. The Balaban J connectivity index is 1.82. The van der Waals surface area contributed by atoms with Crippen molar-refractivity contribution in [3.63, 3.8) is 0 Å². The second-order valence-corrected chi connectivity index (χ2v) is 6.02. The van der Waals surface area contributed by atoms with E-state index in [1.54, 1.807) is 6.20 Å². The van der Waals surface area contributed by atoms with E-state index in [-0.39, 0.29) is 5.92 Å². The van der Waals surface area contributed by atoms with E-state index in [1.165, 1.54) is 36.8 Å². The van der Waals surface area contributed by atoms with E-state index in [1.807, 2.05) is 25.1 Å². The summed E-state index contributed by atoms with van der Waals surface area (Å²) in [6.07, 6.45) is 9.02. The third kappa shape index (κ3) is 3.50. The average molecular weight is 306 g/mol. The first-order valence-electron chi connectivity index (χ1n) is 8.22. The van der Waals surface area contributed by atoms with Crippen LogP contribution in [-0.4, -0.2) is 15.9 Å². The van der Waals surface area contributed by atoms with Crippen LogP contribution in [-0.2, 0) is 0 Å². The van der Waals surface area contributed by atoms with Crippen LogP contribution in [0.5, 0.6) is 0 Å². The number of allylic oxidation sites excluding steroid dienone is 2. The number of hydrogen-bond donors (Lipinski definition) is 1. The number of aromatic nitrogens is 1. The number of oxime groups is 1. The van der Waals surface area contributed by atoms with Crippen LogP contribution in [0.2, 0.25) is 0 Å². The van der Waals surface area contributed by atoms with Gasteiger partial charge in [-0.3, -0.25) is 4.98 Å². The van der Waals surface area contributed by atoms with Crippen molar-refractivity contribution in [3.8, 4) is 0 Å². The number of nitrogens with zero attached hydrogens (tertiary/aromatic N) is 2. The summed E-state index contributed by atoms with van der Waals surface area (Å²) in [7, 11) is 0. The standard InChI is InChI=1S/C20H22N2O/c1-15(20(22-23)19-9-5-6-14-21-19)16-10-12-18(13-11-16)17-7-3-2-4-8-17/h5-7,9-15,23H,2-4,8H2,1H3/b22-20+. The Bertz CT molecular complexity index is 702. The number of hydrogen-bond acceptors (Lipinski definition) is 3. The monoisotopic (exact) mass is 306 g/mol. The molecule has 0 amide bonds. The van der Waals surface area contributed by atoms with Gasteiger partial charge in [-0.2, -0.15) is 0 Å². The summed E-state index contributed by atoms with van der Waals surface area (Å²) in [6.45, 7) is 2.04. The molecule has 2 aromatic rings. The SMILES string of the molecule is CC(/C(=N\O)c1ccccn1)c1ccc(C2=CCCCC2)cc1. The summed E-state index contributed by atoms with van der Waals surface area (Å²) in [6, 6.07) is 14.2. The normalized spacial score (nSPS) is 16.7. The fraction of sp³-hybridized carbons (Fsp3) is 0.300. The van der Waals surface area contributed by atoms with Crippen LogP contribution in [0.15, 0.2) is 59.9 Å².